The van der Waals surface area contributed by atoms with E-state index in [1.807, 2.05) is 18.2 Å². The lowest BCUT2D eigenvalue weighted by atomic mass is 10.1. The molecule has 104 valence electrons. The van der Waals surface area contributed by atoms with Crippen LogP contribution in [0.5, 0.6) is 0 Å². The van der Waals surface area contributed by atoms with E-state index < -0.39 is 18.2 Å². The molecule has 5 nitrogen and oxygen atoms in total. The van der Waals surface area contributed by atoms with Gasteiger partial charge in [-0.3, -0.25) is 4.79 Å². The number of hydrogen-bond acceptors (Lipinski definition) is 4. The van der Waals surface area contributed by atoms with Gasteiger partial charge in [-0.2, -0.15) is 0 Å². The second-order valence-corrected chi connectivity index (χ2v) is 4.21. The van der Waals surface area contributed by atoms with E-state index in [1.54, 1.807) is 19.1 Å². The van der Waals surface area contributed by atoms with Crippen LogP contribution in [-0.2, 0) is 19.1 Å². The Kier molecular flexibility index (Phi) is 6.02. The zero-order valence-corrected chi connectivity index (χ0v) is 11.4. The van der Waals surface area contributed by atoms with Gasteiger partial charge in [-0.1, -0.05) is 30.3 Å². The van der Waals surface area contributed by atoms with E-state index >= 15 is 0 Å². The summed E-state index contributed by atoms with van der Waals surface area (Å²) < 4.78 is 10.4. The molecule has 0 bridgehead atoms. The van der Waals surface area contributed by atoms with E-state index in [-0.39, 0.29) is 12.5 Å². The first-order chi connectivity index (χ1) is 9.04. The molecular formula is C14H19NO4. The maximum atomic E-state index is 12.0. The fourth-order valence-electron chi connectivity index (χ4n) is 1.59. The molecule has 0 fully saturated rings. The van der Waals surface area contributed by atoms with Crippen molar-refractivity contribution in [3.05, 3.63) is 35.9 Å². The molecular weight excluding hydrogens is 246 g/mol. The fraction of sp³-hybridized carbons (Fsp3) is 0.429. The van der Waals surface area contributed by atoms with Gasteiger partial charge >= 0.3 is 5.97 Å². The molecule has 1 amide bonds. The molecule has 0 aliphatic rings. The largest absolute Gasteiger partial charge is 0.459 e. The van der Waals surface area contributed by atoms with Crippen molar-refractivity contribution in [2.75, 3.05) is 13.7 Å². The molecule has 0 aliphatic heterocycles. The average molecular weight is 265 g/mol. The highest BCUT2D eigenvalue weighted by Gasteiger charge is 2.23. The van der Waals surface area contributed by atoms with E-state index in [1.165, 1.54) is 14.0 Å². The van der Waals surface area contributed by atoms with Gasteiger partial charge in [0.1, 0.15) is 6.10 Å². The third-order valence-corrected chi connectivity index (χ3v) is 2.51. The lowest BCUT2D eigenvalue weighted by Crippen LogP contribution is -2.33. The molecule has 1 aromatic rings. The summed E-state index contributed by atoms with van der Waals surface area (Å²) >= 11 is 0. The van der Waals surface area contributed by atoms with Crippen molar-refractivity contribution in [1.82, 2.24) is 5.32 Å². The van der Waals surface area contributed by atoms with Gasteiger partial charge in [0.15, 0.2) is 6.10 Å². The third-order valence-electron chi connectivity index (χ3n) is 2.51. The van der Waals surface area contributed by atoms with Crippen LogP contribution in [0.1, 0.15) is 25.5 Å². The summed E-state index contributed by atoms with van der Waals surface area (Å²) in [4.78, 5) is 22.7. The topological polar surface area (TPSA) is 64.6 Å². The second-order valence-electron chi connectivity index (χ2n) is 4.21. The Morgan fingerprint density at radius 3 is 2.42 bits per heavy atom. The fourth-order valence-corrected chi connectivity index (χ4v) is 1.59. The van der Waals surface area contributed by atoms with E-state index in [2.05, 4.69) is 5.32 Å². The SMILES string of the molecule is CO[C@H](C(=O)O[C@@H](C)CNC(C)=O)c1ccccc1. The third kappa shape index (κ3) is 5.09. The molecule has 5 heteroatoms. The van der Waals surface area contributed by atoms with Crippen LogP contribution in [0.15, 0.2) is 30.3 Å². The minimum atomic E-state index is -0.749. The van der Waals surface area contributed by atoms with E-state index in [9.17, 15) is 9.59 Å². The van der Waals surface area contributed by atoms with Crippen LogP contribution < -0.4 is 5.32 Å². The molecule has 1 N–H and O–H groups in total. The molecule has 0 saturated carbocycles. The molecule has 0 aromatic heterocycles. The van der Waals surface area contributed by atoms with Gasteiger partial charge in [-0.15, -0.1) is 0 Å². The Morgan fingerprint density at radius 2 is 1.89 bits per heavy atom. The van der Waals surface area contributed by atoms with Gasteiger partial charge in [0.05, 0.1) is 6.54 Å². The molecule has 1 rings (SSSR count). The predicted molar refractivity (Wildman–Crippen MR) is 70.4 cm³/mol. The standard InChI is InChI=1S/C14H19NO4/c1-10(9-15-11(2)16)19-14(17)13(18-3)12-7-5-4-6-8-12/h4-8,10,13H,9H2,1-3H3,(H,15,16)/t10-,13-/m0/s1. The predicted octanol–water partition coefficient (Wildman–Crippen LogP) is 1.44. The van der Waals surface area contributed by atoms with Crippen molar-refractivity contribution >= 4 is 11.9 Å². The first kappa shape index (κ1) is 15.2. The molecule has 0 aliphatic carbocycles. The molecule has 0 heterocycles. The first-order valence-electron chi connectivity index (χ1n) is 6.07. The minimum Gasteiger partial charge on any atom is -0.459 e. The number of methoxy groups -OCH3 is 1. The Hall–Kier alpha value is -1.88. The summed E-state index contributed by atoms with van der Waals surface area (Å²) in [5.41, 5.74) is 0.738. The first-order valence-corrected chi connectivity index (χ1v) is 6.07. The normalized spacial score (nSPS) is 13.4. The number of esters is 1. The Labute approximate surface area is 112 Å². The quantitative estimate of drug-likeness (QED) is 0.790. The smallest absolute Gasteiger partial charge is 0.340 e. The average Bonchev–Trinajstić information content (AvgIpc) is 2.38. The van der Waals surface area contributed by atoms with Crippen molar-refractivity contribution in [1.29, 1.82) is 0 Å². The van der Waals surface area contributed by atoms with Crippen LogP contribution in [0.25, 0.3) is 0 Å². The highest BCUT2D eigenvalue weighted by Crippen LogP contribution is 2.18. The van der Waals surface area contributed by atoms with Crippen molar-refractivity contribution in [3.8, 4) is 0 Å². The number of ether oxygens (including phenoxy) is 2. The molecule has 0 radical (unpaired) electrons. The molecule has 0 saturated heterocycles. The molecule has 0 unspecified atom stereocenters. The zero-order valence-electron chi connectivity index (χ0n) is 11.4. The van der Waals surface area contributed by atoms with Gasteiger partial charge < -0.3 is 14.8 Å². The van der Waals surface area contributed by atoms with Gasteiger partial charge in [-0.25, -0.2) is 4.79 Å². The maximum Gasteiger partial charge on any atom is 0.340 e. The Morgan fingerprint density at radius 1 is 1.26 bits per heavy atom. The van der Waals surface area contributed by atoms with Gasteiger partial charge in [-0.05, 0) is 12.5 Å². The number of benzene rings is 1. The summed E-state index contributed by atoms with van der Waals surface area (Å²) in [6.07, 6.45) is -1.15. The van der Waals surface area contributed by atoms with Crippen molar-refractivity contribution in [2.45, 2.75) is 26.1 Å². The lowest BCUT2D eigenvalue weighted by Gasteiger charge is -2.18. The number of rotatable bonds is 6. The summed E-state index contributed by atoms with van der Waals surface area (Å²) in [5, 5.41) is 2.59. The van der Waals surface area contributed by atoms with Crippen molar-refractivity contribution in [3.63, 3.8) is 0 Å². The molecule has 0 spiro atoms. The van der Waals surface area contributed by atoms with Gasteiger partial charge in [0.25, 0.3) is 0 Å². The molecule has 2 atom stereocenters. The highest BCUT2D eigenvalue weighted by molar-refractivity contribution is 5.77. The van der Waals surface area contributed by atoms with Gasteiger partial charge in [0, 0.05) is 14.0 Å². The highest BCUT2D eigenvalue weighted by atomic mass is 16.6. The van der Waals surface area contributed by atoms with Crippen LogP contribution >= 0.6 is 0 Å². The van der Waals surface area contributed by atoms with Gasteiger partial charge in [0.2, 0.25) is 5.91 Å². The van der Waals surface area contributed by atoms with E-state index in [0.717, 1.165) is 5.56 Å². The zero-order chi connectivity index (χ0) is 14.3. The number of carbonyl (C=O) groups excluding carboxylic acids is 2. The summed E-state index contributed by atoms with van der Waals surface area (Å²) in [7, 11) is 1.46. The minimum absolute atomic E-state index is 0.158. The number of nitrogens with one attached hydrogen (secondary N) is 1. The van der Waals surface area contributed by atoms with E-state index in [4.69, 9.17) is 9.47 Å². The van der Waals surface area contributed by atoms with Crippen molar-refractivity contribution < 1.29 is 19.1 Å². The van der Waals surface area contributed by atoms with Crippen LogP contribution in [0, 0.1) is 0 Å². The summed E-state index contributed by atoms with van der Waals surface area (Å²) in [5.74, 6) is -0.624. The van der Waals surface area contributed by atoms with Crippen LogP contribution in [0.3, 0.4) is 0 Å². The van der Waals surface area contributed by atoms with Crippen LogP contribution in [0.4, 0.5) is 0 Å². The van der Waals surface area contributed by atoms with Crippen LogP contribution in [0.2, 0.25) is 0 Å². The Bertz CT molecular complexity index is 419. The maximum absolute atomic E-state index is 12.0. The lowest BCUT2D eigenvalue weighted by molar-refractivity contribution is -0.160. The number of hydrogen-bond donors (Lipinski definition) is 1. The number of carbonyl (C=O) groups is 2. The van der Waals surface area contributed by atoms with Crippen LogP contribution in [-0.4, -0.2) is 31.6 Å². The molecule has 19 heavy (non-hydrogen) atoms. The van der Waals surface area contributed by atoms with Crippen molar-refractivity contribution in [2.24, 2.45) is 0 Å². The number of amides is 1. The Balaban J connectivity index is 2.57. The summed E-state index contributed by atoms with van der Waals surface area (Å²) in [6, 6.07) is 9.12. The summed E-state index contributed by atoms with van der Waals surface area (Å²) in [6.45, 7) is 3.41. The monoisotopic (exact) mass is 265 g/mol. The second kappa shape index (κ2) is 7.53. The van der Waals surface area contributed by atoms with E-state index in [0.29, 0.717) is 0 Å². The molecule has 1 aromatic carbocycles.